The van der Waals surface area contributed by atoms with Crippen LogP contribution in [-0.2, 0) is 16.1 Å². The van der Waals surface area contributed by atoms with Gasteiger partial charge in [-0.05, 0) is 63.4 Å². The van der Waals surface area contributed by atoms with Crippen LogP contribution in [0.25, 0.3) is 0 Å². The molecule has 3 aliphatic rings. The largest absolute Gasteiger partial charge is 0.376 e. The molecule has 0 radical (unpaired) electrons. The lowest BCUT2D eigenvalue weighted by atomic mass is 9.77. The molecule has 1 saturated heterocycles. The van der Waals surface area contributed by atoms with E-state index in [1.54, 1.807) is 11.6 Å². The van der Waals surface area contributed by atoms with Gasteiger partial charge in [0.05, 0.1) is 17.8 Å². The molecule has 2 aliphatic carbocycles. The summed E-state index contributed by atoms with van der Waals surface area (Å²) in [6, 6.07) is 1.94. The van der Waals surface area contributed by atoms with Crippen molar-refractivity contribution in [2.75, 3.05) is 19.7 Å². The zero-order chi connectivity index (χ0) is 19.8. The molecule has 2 heterocycles. The van der Waals surface area contributed by atoms with E-state index in [0.29, 0.717) is 30.0 Å². The van der Waals surface area contributed by atoms with E-state index in [4.69, 9.17) is 4.74 Å². The Hall–Kier alpha value is -1.89. The van der Waals surface area contributed by atoms with Gasteiger partial charge in [-0.25, -0.2) is 0 Å². The third kappa shape index (κ3) is 4.09. The Morgan fingerprint density at radius 2 is 1.96 bits per heavy atom. The Kier molecular flexibility index (Phi) is 5.45. The van der Waals surface area contributed by atoms with E-state index in [0.717, 1.165) is 38.2 Å². The van der Waals surface area contributed by atoms with Gasteiger partial charge in [-0.15, -0.1) is 0 Å². The van der Waals surface area contributed by atoms with Crippen molar-refractivity contribution < 1.29 is 14.3 Å². The van der Waals surface area contributed by atoms with E-state index in [2.05, 4.69) is 10.4 Å². The number of nitrogens with zero attached hydrogens (tertiary/aromatic N) is 3. The second kappa shape index (κ2) is 7.85. The van der Waals surface area contributed by atoms with Gasteiger partial charge < -0.3 is 15.0 Å². The molecule has 4 atom stereocenters. The number of nitrogens with one attached hydrogen (secondary N) is 1. The number of aromatic nitrogens is 2. The summed E-state index contributed by atoms with van der Waals surface area (Å²) in [7, 11) is 0. The molecule has 7 heteroatoms. The standard InChI is InChI=1S/C21H32N4O3/c1-4-25-19(7-13(2)23-25)21(27)24-10-16-8-18(22-14(3)26)20(9-17(16)11-24)28-12-15-5-6-15/h7,15-18,20H,4-6,8-12H2,1-3H3,(H,22,26)/t16-,17+,18-,20-/m1/s1. The predicted molar refractivity (Wildman–Crippen MR) is 105 cm³/mol. The van der Waals surface area contributed by atoms with Crippen molar-refractivity contribution in [3.05, 3.63) is 17.5 Å². The minimum absolute atomic E-state index is 0.00303. The monoisotopic (exact) mass is 388 g/mol. The molecule has 154 valence electrons. The van der Waals surface area contributed by atoms with Crippen LogP contribution in [0.15, 0.2) is 6.07 Å². The van der Waals surface area contributed by atoms with Crippen molar-refractivity contribution in [3.63, 3.8) is 0 Å². The lowest BCUT2D eigenvalue weighted by Gasteiger charge is -2.38. The number of aryl methyl sites for hydroxylation is 2. The average Bonchev–Trinajstić information content (AvgIpc) is 3.27. The van der Waals surface area contributed by atoms with Crippen LogP contribution < -0.4 is 5.32 Å². The Balaban J connectivity index is 1.44. The SMILES string of the molecule is CCn1nc(C)cc1C(=O)N1C[C@H]2C[C@@H](NC(C)=O)[C@H](OCC3CC3)C[C@H]2C1. The highest BCUT2D eigenvalue weighted by atomic mass is 16.5. The molecular weight excluding hydrogens is 356 g/mol. The highest BCUT2D eigenvalue weighted by Gasteiger charge is 2.45. The van der Waals surface area contributed by atoms with Crippen molar-refractivity contribution in [3.8, 4) is 0 Å². The fourth-order valence-electron chi connectivity index (χ4n) is 4.84. The molecule has 28 heavy (non-hydrogen) atoms. The van der Waals surface area contributed by atoms with Gasteiger partial charge in [-0.1, -0.05) is 0 Å². The molecule has 2 saturated carbocycles. The van der Waals surface area contributed by atoms with Crippen molar-refractivity contribution >= 4 is 11.8 Å². The number of carbonyl (C=O) groups excluding carboxylic acids is 2. The summed E-state index contributed by atoms with van der Waals surface area (Å²) in [6.07, 6.45) is 4.38. The molecule has 0 spiro atoms. The molecule has 0 aromatic carbocycles. The summed E-state index contributed by atoms with van der Waals surface area (Å²) in [5, 5.41) is 7.52. The Labute approximate surface area is 166 Å². The first-order valence-corrected chi connectivity index (χ1v) is 10.7. The fourth-order valence-corrected chi connectivity index (χ4v) is 4.84. The lowest BCUT2D eigenvalue weighted by Crippen LogP contribution is -2.50. The molecule has 1 aliphatic heterocycles. The number of rotatable bonds is 6. The Bertz CT molecular complexity index is 742. The third-order valence-electron chi connectivity index (χ3n) is 6.46. The highest BCUT2D eigenvalue weighted by molar-refractivity contribution is 5.93. The number of fused-ring (bicyclic) bond motifs is 1. The molecular formula is C21H32N4O3. The first kappa shape index (κ1) is 19.4. The Morgan fingerprint density at radius 3 is 2.61 bits per heavy atom. The minimum atomic E-state index is -0.00303. The normalized spacial score (nSPS) is 29.6. The van der Waals surface area contributed by atoms with Crippen LogP contribution in [0.2, 0.25) is 0 Å². The van der Waals surface area contributed by atoms with E-state index in [1.165, 1.54) is 12.8 Å². The summed E-state index contributed by atoms with van der Waals surface area (Å²) in [6.45, 7) is 8.52. The average molecular weight is 389 g/mol. The number of hydrogen-bond acceptors (Lipinski definition) is 4. The molecule has 2 amide bonds. The summed E-state index contributed by atoms with van der Waals surface area (Å²) in [4.78, 5) is 26.8. The van der Waals surface area contributed by atoms with Crippen LogP contribution in [0.1, 0.15) is 55.7 Å². The molecule has 7 nitrogen and oxygen atoms in total. The van der Waals surface area contributed by atoms with Gasteiger partial charge in [-0.3, -0.25) is 14.3 Å². The van der Waals surface area contributed by atoms with E-state index >= 15 is 0 Å². The second-order valence-corrected chi connectivity index (χ2v) is 8.81. The molecule has 4 rings (SSSR count). The predicted octanol–water partition coefficient (Wildman–Crippen LogP) is 1.99. The van der Waals surface area contributed by atoms with E-state index < -0.39 is 0 Å². The van der Waals surface area contributed by atoms with Gasteiger partial charge >= 0.3 is 0 Å². The summed E-state index contributed by atoms with van der Waals surface area (Å²) in [5.41, 5.74) is 1.56. The van der Waals surface area contributed by atoms with Crippen molar-refractivity contribution in [2.45, 2.75) is 65.1 Å². The third-order valence-corrected chi connectivity index (χ3v) is 6.46. The van der Waals surface area contributed by atoms with Gasteiger partial charge in [-0.2, -0.15) is 5.10 Å². The van der Waals surface area contributed by atoms with Gasteiger partial charge in [0, 0.05) is 33.2 Å². The minimum Gasteiger partial charge on any atom is -0.376 e. The van der Waals surface area contributed by atoms with Crippen LogP contribution in [0.3, 0.4) is 0 Å². The number of amides is 2. The topological polar surface area (TPSA) is 76.5 Å². The molecule has 1 N–H and O–H groups in total. The zero-order valence-electron chi connectivity index (χ0n) is 17.2. The maximum absolute atomic E-state index is 13.1. The molecule has 1 aromatic heterocycles. The van der Waals surface area contributed by atoms with Gasteiger partial charge in [0.25, 0.3) is 5.91 Å². The second-order valence-electron chi connectivity index (χ2n) is 8.81. The number of ether oxygens (including phenoxy) is 1. The van der Waals surface area contributed by atoms with Crippen LogP contribution in [0.5, 0.6) is 0 Å². The van der Waals surface area contributed by atoms with Crippen molar-refractivity contribution in [2.24, 2.45) is 17.8 Å². The van der Waals surface area contributed by atoms with Gasteiger partial charge in [0.1, 0.15) is 5.69 Å². The highest BCUT2D eigenvalue weighted by Crippen LogP contribution is 2.39. The summed E-state index contributed by atoms with van der Waals surface area (Å²) < 4.78 is 8.01. The zero-order valence-corrected chi connectivity index (χ0v) is 17.2. The van der Waals surface area contributed by atoms with Crippen molar-refractivity contribution in [1.82, 2.24) is 20.0 Å². The van der Waals surface area contributed by atoms with Crippen molar-refractivity contribution in [1.29, 1.82) is 0 Å². The van der Waals surface area contributed by atoms with E-state index in [1.807, 2.05) is 24.8 Å². The lowest BCUT2D eigenvalue weighted by molar-refractivity contribution is -0.122. The van der Waals surface area contributed by atoms with Crippen LogP contribution in [0, 0.1) is 24.7 Å². The van der Waals surface area contributed by atoms with Gasteiger partial charge in [0.2, 0.25) is 5.91 Å². The maximum Gasteiger partial charge on any atom is 0.272 e. The molecule has 0 unspecified atom stereocenters. The number of carbonyl (C=O) groups is 2. The summed E-state index contributed by atoms with van der Waals surface area (Å²) in [5.74, 6) is 1.63. The van der Waals surface area contributed by atoms with Gasteiger partial charge in [0.15, 0.2) is 0 Å². The molecule has 3 fully saturated rings. The maximum atomic E-state index is 13.1. The number of hydrogen-bond donors (Lipinski definition) is 1. The summed E-state index contributed by atoms with van der Waals surface area (Å²) >= 11 is 0. The Morgan fingerprint density at radius 1 is 1.25 bits per heavy atom. The van der Waals surface area contributed by atoms with Crippen LogP contribution in [-0.4, -0.2) is 58.3 Å². The van der Waals surface area contributed by atoms with Crippen LogP contribution >= 0.6 is 0 Å². The van der Waals surface area contributed by atoms with E-state index in [-0.39, 0.29) is 24.0 Å². The fraction of sp³-hybridized carbons (Fsp3) is 0.762. The first-order chi connectivity index (χ1) is 13.4. The van der Waals surface area contributed by atoms with E-state index in [9.17, 15) is 9.59 Å². The molecule has 1 aromatic rings. The molecule has 0 bridgehead atoms. The van der Waals surface area contributed by atoms with Crippen LogP contribution in [0.4, 0.5) is 0 Å². The smallest absolute Gasteiger partial charge is 0.272 e. The number of likely N-dealkylation sites (tertiary alicyclic amines) is 1. The quantitative estimate of drug-likeness (QED) is 0.809. The first-order valence-electron chi connectivity index (χ1n) is 10.7.